The van der Waals surface area contributed by atoms with Gasteiger partial charge in [-0.25, -0.2) is 4.68 Å². The summed E-state index contributed by atoms with van der Waals surface area (Å²) < 4.78 is 14.7. The number of H-pyrrole nitrogens is 1. The van der Waals surface area contributed by atoms with Gasteiger partial charge in [0.2, 0.25) is 4.77 Å². The van der Waals surface area contributed by atoms with E-state index < -0.39 is 0 Å². The minimum absolute atomic E-state index is 0.441. The zero-order chi connectivity index (χ0) is 21.8. The first-order valence-corrected chi connectivity index (χ1v) is 10.1. The molecule has 1 N–H and O–H groups in total. The molecule has 31 heavy (non-hydrogen) atoms. The molecule has 0 bridgehead atoms. The summed E-state index contributed by atoms with van der Waals surface area (Å²) in [5, 5.41) is 16.4. The lowest BCUT2D eigenvalue weighted by molar-refractivity contribution is 0.355. The molecule has 9 heteroatoms. The van der Waals surface area contributed by atoms with Crippen LogP contribution in [0.25, 0.3) is 16.9 Å². The molecule has 4 rings (SSSR count). The van der Waals surface area contributed by atoms with Crippen LogP contribution in [0.4, 0.5) is 0 Å². The Morgan fingerprint density at radius 3 is 2.58 bits per heavy atom. The fourth-order valence-electron chi connectivity index (χ4n) is 3.19. The van der Waals surface area contributed by atoms with Gasteiger partial charge in [0, 0.05) is 23.7 Å². The van der Waals surface area contributed by atoms with Gasteiger partial charge in [0.15, 0.2) is 17.3 Å². The minimum Gasteiger partial charge on any atom is -0.493 e. The van der Waals surface area contributed by atoms with Gasteiger partial charge in [0.05, 0.1) is 26.1 Å². The molecule has 0 unspecified atom stereocenters. The fourth-order valence-corrected chi connectivity index (χ4v) is 3.39. The maximum atomic E-state index is 5.47. The smallest absolute Gasteiger partial charge is 0.216 e. The van der Waals surface area contributed by atoms with E-state index in [9.17, 15) is 0 Å². The molecule has 2 heterocycles. The number of rotatable bonds is 7. The predicted molar refractivity (Wildman–Crippen MR) is 122 cm³/mol. The Labute approximate surface area is 184 Å². The van der Waals surface area contributed by atoms with Crippen LogP contribution in [0.2, 0.25) is 0 Å². The highest BCUT2D eigenvalue weighted by atomic mass is 32.1. The van der Waals surface area contributed by atoms with Crippen molar-refractivity contribution in [2.24, 2.45) is 5.10 Å². The molecular formula is C22H22N6O2S. The summed E-state index contributed by atoms with van der Waals surface area (Å²) >= 11 is 5.30. The summed E-state index contributed by atoms with van der Waals surface area (Å²) in [6, 6.07) is 15.6. The molecule has 0 aliphatic rings. The fraction of sp³-hybridized carbons (Fsp3) is 0.182. The average molecular weight is 435 g/mol. The number of benzene rings is 2. The number of hydrogen-bond donors (Lipinski definition) is 1. The van der Waals surface area contributed by atoms with E-state index in [1.807, 2.05) is 66.3 Å². The Kier molecular flexibility index (Phi) is 5.94. The van der Waals surface area contributed by atoms with Gasteiger partial charge in [-0.1, -0.05) is 25.1 Å². The SMILES string of the molecule is CCc1n[nH]c(=S)n1/N=C/c1cn(-c2ccccc2)nc1-c1ccc(OC)c(OC)c1. The van der Waals surface area contributed by atoms with Crippen molar-refractivity contribution in [1.82, 2.24) is 24.7 Å². The number of nitrogens with one attached hydrogen (secondary N) is 1. The number of ether oxygens (including phenoxy) is 2. The first kappa shape index (κ1) is 20.5. The topological polar surface area (TPSA) is 82.2 Å². The summed E-state index contributed by atoms with van der Waals surface area (Å²) in [6.07, 6.45) is 4.37. The molecule has 0 fully saturated rings. The Hall–Kier alpha value is -3.72. The van der Waals surface area contributed by atoms with Gasteiger partial charge in [-0.3, -0.25) is 5.10 Å². The van der Waals surface area contributed by atoms with E-state index in [1.54, 1.807) is 25.1 Å². The van der Waals surface area contributed by atoms with Gasteiger partial charge in [-0.2, -0.15) is 20.0 Å². The zero-order valence-electron chi connectivity index (χ0n) is 17.4. The molecule has 0 amide bonds. The Morgan fingerprint density at radius 2 is 1.87 bits per heavy atom. The van der Waals surface area contributed by atoms with Crippen molar-refractivity contribution in [3.8, 4) is 28.4 Å². The van der Waals surface area contributed by atoms with Crippen molar-refractivity contribution in [3.05, 3.63) is 70.9 Å². The summed E-state index contributed by atoms with van der Waals surface area (Å²) in [5.41, 5.74) is 3.39. The Balaban J connectivity index is 1.84. The quantitative estimate of drug-likeness (QED) is 0.347. The average Bonchev–Trinajstić information content (AvgIpc) is 3.40. The summed E-state index contributed by atoms with van der Waals surface area (Å²) in [6.45, 7) is 2.00. The van der Waals surface area contributed by atoms with Crippen LogP contribution in [0.3, 0.4) is 0 Å². The largest absolute Gasteiger partial charge is 0.493 e. The molecule has 158 valence electrons. The van der Waals surface area contributed by atoms with Gasteiger partial charge in [-0.15, -0.1) is 0 Å². The third kappa shape index (κ3) is 4.13. The molecule has 0 spiro atoms. The Morgan fingerprint density at radius 1 is 1.10 bits per heavy atom. The molecule has 4 aromatic rings. The lowest BCUT2D eigenvalue weighted by Crippen LogP contribution is -1.97. The highest BCUT2D eigenvalue weighted by Gasteiger charge is 2.14. The van der Waals surface area contributed by atoms with E-state index in [0.717, 1.165) is 28.3 Å². The van der Waals surface area contributed by atoms with E-state index in [1.165, 1.54) is 0 Å². The van der Waals surface area contributed by atoms with Crippen LogP contribution in [0.1, 0.15) is 18.3 Å². The van der Waals surface area contributed by atoms with Gasteiger partial charge >= 0.3 is 0 Å². The lowest BCUT2D eigenvalue weighted by Gasteiger charge is -2.09. The van der Waals surface area contributed by atoms with Crippen molar-refractivity contribution >= 4 is 18.4 Å². The number of nitrogens with zero attached hydrogens (tertiary/aromatic N) is 5. The van der Waals surface area contributed by atoms with Gasteiger partial charge < -0.3 is 9.47 Å². The van der Waals surface area contributed by atoms with E-state index >= 15 is 0 Å². The highest BCUT2D eigenvalue weighted by molar-refractivity contribution is 7.71. The Bertz CT molecular complexity index is 1270. The van der Waals surface area contributed by atoms with Crippen LogP contribution in [0, 0.1) is 4.77 Å². The molecule has 2 aromatic heterocycles. The normalized spacial score (nSPS) is 11.2. The van der Waals surface area contributed by atoms with Crippen molar-refractivity contribution in [2.45, 2.75) is 13.3 Å². The number of aryl methyl sites for hydroxylation is 1. The van der Waals surface area contributed by atoms with Crippen molar-refractivity contribution in [1.29, 1.82) is 0 Å². The number of hydrogen-bond acceptors (Lipinski definition) is 6. The number of para-hydroxylation sites is 1. The molecule has 0 aliphatic carbocycles. The van der Waals surface area contributed by atoms with E-state index in [-0.39, 0.29) is 0 Å². The predicted octanol–water partition coefficient (Wildman–Crippen LogP) is 4.26. The van der Waals surface area contributed by atoms with Crippen molar-refractivity contribution < 1.29 is 9.47 Å². The molecule has 0 saturated carbocycles. The van der Waals surface area contributed by atoms with E-state index in [4.69, 9.17) is 26.8 Å². The third-order valence-electron chi connectivity index (χ3n) is 4.77. The van der Waals surface area contributed by atoms with Gasteiger partial charge in [-0.05, 0) is 42.5 Å². The second-order valence-corrected chi connectivity index (χ2v) is 7.02. The van der Waals surface area contributed by atoms with Crippen LogP contribution in [0.5, 0.6) is 11.5 Å². The van der Waals surface area contributed by atoms with Crippen molar-refractivity contribution in [3.63, 3.8) is 0 Å². The first-order valence-electron chi connectivity index (χ1n) is 9.72. The molecule has 0 saturated heterocycles. The monoisotopic (exact) mass is 434 g/mol. The van der Waals surface area contributed by atoms with Crippen LogP contribution in [-0.4, -0.2) is 45.1 Å². The maximum absolute atomic E-state index is 5.47. The van der Waals surface area contributed by atoms with Gasteiger partial charge in [0.25, 0.3) is 0 Å². The third-order valence-corrected chi connectivity index (χ3v) is 5.03. The molecule has 0 atom stereocenters. The van der Waals surface area contributed by atoms with Crippen LogP contribution < -0.4 is 9.47 Å². The molecular weight excluding hydrogens is 412 g/mol. The molecule has 0 aliphatic heterocycles. The molecule has 0 radical (unpaired) electrons. The summed E-state index contributed by atoms with van der Waals surface area (Å²) in [4.78, 5) is 0. The summed E-state index contributed by atoms with van der Waals surface area (Å²) in [7, 11) is 3.22. The first-order chi connectivity index (χ1) is 15.1. The number of methoxy groups -OCH3 is 2. The van der Waals surface area contributed by atoms with Crippen LogP contribution >= 0.6 is 12.2 Å². The van der Waals surface area contributed by atoms with E-state index in [0.29, 0.717) is 22.7 Å². The lowest BCUT2D eigenvalue weighted by atomic mass is 10.1. The maximum Gasteiger partial charge on any atom is 0.216 e. The van der Waals surface area contributed by atoms with Gasteiger partial charge in [0.1, 0.15) is 5.69 Å². The molecule has 8 nitrogen and oxygen atoms in total. The second kappa shape index (κ2) is 8.97. The van der Waals surface area contributed by atoms with E-state index in [2.05, 4.69) is 15.3 Å². The number of aromatic amines is 1. The molecule has 2 aromatic carbocycles. The number of aromatic nitrogens is 5. The van der Waals surface area contributed by atoms with Crippen LogP contribution in [0.15, 0.2) is 59.8 Å². The summed E-state index contributed by atoms with van der Waals surface area (Å²) in [5.74, 6) is 2.04. The van der Waals surface area contributed by atoms with Crippen LogP contribution in [-0.2, 0) is 6.42 Å². The van der Waals surface area contributed by atoms with Crippen molar-refractivity contribution in [2.75, 3.05) is 14.2 Å². The minimum atomic E-state index is 0.441. The standard InChI is InChI=1S/C22H22N6O2S/c1-4-20-24-25-22(31)28(20)23-13-16-14-27(17-8-6-5-7-9-17)26-21(16)15-10-11-18(29-2)19(12-15)30-3/h5-14H,4H2,1-3H3,(H,25,31)/b23-13+. The highest BCUT2D eigenvalue weighted by Crippen LogP contribution is 2.33. The second-order valence-electron chi connectivity index (χ2n) is 6.64. The zero-order valence-corrected chi connectivity index (χ0v) is 18.3.